The van der Waals surface area contributed by atoms with Crippen LogP contribution < -0.4 is 10.1 Å². The molecule has 0 atom stereocenters. The van der Waals surface area contributed by atoms with Crippen LogP contribution in [-0.2, 0) is 11.2 Å². The molecular formula is C16H15N3O6. The highest BCUT2D eigenvalue weighted by Crippen LogP contribution is 2.29. The second kappa shape index (κ2) is 7.86. The summed E-state index contributed by atoms with van der Waals surface area (Å²) >= 11 is 0. The van der Waals surface area contributed by atoms with Crippen LogP contribution in [0, 0.1) is 20.2 Å². The van der Waals surface area contributed by atoms with Crippen molar-refractivity contribution in [3.05, 3.63) is 68.3 Å². The summed E-state index contributed by atoms with van der Waals surface area (Å²) in [6, 6.07) is 10.3. The minimum absolute atomic E-state index is 0.0738. The van der Waals surface area contributed by atoms with E-state index in [-0.39, 0.29) is 12.1 Å². The van der Waals surface area contributed by atoms with Gasteiger partial charge in [-0.2, -0.15) is 0 Å². The smallest absolute Gasteiger partial charge is 0.299 e. The van der Waals surface area contributed by atoms with E-state index in [9.17, 15) is 25.0 Å². The normalized spacial score (nSPS) is 10.1. The molecular weight excluding hydrogens is 330 g/mol. The van der Waals surface area contributed by atoms with Crippen molar-refractivity contribution in [3.63, 3.8) is 0 Å². The first-order chi connectivity index (χ1) is 11.9. The number of amides is 1. The highest BCUT2D eigenvalue weighted by Gasteiger charge is 2.20. The number of hydrogen-bond donors (Lipinski definition) is 1. The second-order valence-electron chi connectivity index (χ2n) is 5.11. The van der Waals surface area contributed by atoms with E-state index in [1.807, 2.05) is 12.1 Å². The van der Waals surface area contributed by atoms with Gasteiger partial charge >= 0.3 is 0 Å². The average Bonchev–Trinajstić information content (AvgIpc) is 2.60. The Morgan fingerprint density at radius 2 is 1.76 bits per heavy atom. The van der Waals surface area contributed by atoms with E-state index in [1.165, 1.54) is 0 Å². The molecule has 0 aliphatic heterocycles. The van der Waals surface area contributed by atoms with Crippen LogP contribution in [0.1, 0.15) is 12.0 Å². The Kier molecular flexibility index (Phi) is 5.62. The summed E-state index contributed by atoms with van der Waals surface area (Å²) in [5.41, 5.74) is -0.0978. The van der Waals surface area contributed by atoms with Gasteiger partial charge in [0.1, 0.15) is 11.4 Å². The summed E-state index contributed by atoms with van der Waals surface area (Å²) in [6.07, 6.45) is 0.553. The van der Waals surface area contributed by atoms with Crippen molar-refractivity contribution in [2.45, 2.75) is 12.8 Å². The lowest BCUT2D eigenvalue weighted by Crippen LogP contribution is -2.13. The molecule has 9 nitrogen and oxygen atoms in total. The molecule has 0 saturated heterocycles. The molecule has 0 radical (unpaired) electrons. The van der Waals surface area contributed by atoms with Crippen molar-refractivity contribution in [1.82, 2.24) is 0 Å². The molecule has 0 bridgehead atoms. The number of nitro benzene ring substituents is 2. The Balaban J connectivity index is 2.04. The fourth-order valence-electron chi connectivity index (χ4n) is 2.15. The maximum absolute atomic E-state index is 12.0. The van der Waals surface area contributed by atoms with Gasteiger partial charge in [0.05, 0.1) is 23.0 Å². The maximum Gasteiger partial charge on any atom is 0.299 e. The number of methoxy groups -OCH3 is 1. The summed E-state index contributed by atoms with van der Waals surface area (Å²) in [5.74, 6) is 0.280. The minimum atomic E-state index is -0.772. The van der Waals surface area contributed by atoms with Gasteiger partial charge in [-0.05, 0) is 30.2 Å². The summed E-state index contributed by atoms with van der Waals surface area (Å²) in [7, 11) is 1.56. The van der Waals surface area contributed by atoms with Crippen molar-refractivity contribution >= 4 is 23.0 Å². The van der Waals surface area contributed by atoms with E-state index in [2.05, 4.69) is 5.32 Å². The zero-order valence-corrected chi connectivity index (χ0v) is 13.3. The Bertz CT molecular complexity index is 804. The first kappa shape index (κ1) is 17.9. The summed E-state index contributed by atoms with van der Waals surface area (Å²) in [5, 5.41) is 24.2. The predicted octanol–water partition coefficient (Wildman–Crippen LogP) is 3.08. The summed E-state index contributed by atoms with van der Waals surface area (Å²) in [4.78, 5) is 32.2. The van der Waals surface area contributed by atoms with Crippen LogP contribution in [0.4, 0.5) is 17.1 Å². The average molecular weight is 345 g/mol. The molecule has 130 valence electrons. The number of carbonyl (C=O) groups excluding carboxylic acids is 1. The molecule has 0 aliphatic carbocycles. The third-order valence-electron chi connectivity index (χ3n) is 3.46. The molecule has 0 spiro atoms. The SMILES string of the molecule is COc1ccc(CCC(=O)Nc2ccc([N+](=O)[O-])cc2[N+](=O)[O-])cc1. The first-order valence-electron chi connectivity index (χ1n) is 7.26. The van der Waals surface area contributed by atoms with E-state index in [0.717, 1.165) is 23.8 Å². The predicted molar refractivity (Wildman–Crippen MR) is 89.7 cm³/mol. The van der Waals surface area contributed by atoms with E-state index in [0.29, 0.717) is 12.2 Å². The molecule has 2 aromatic carbocycles. The Hall–Kier alpha value is -3.49. The largest absolute Gasteiger partial charge is 0.497 e. The number of anilines is 1. The fraction of sp³-hybridized carbons (Fsp3) is 0.188. The molecule has 0 aliphatic rings. The molecule has 0 fully saturated rings. The zero-order chi connectivity index (χ0) is 18.4. The monoisotopic (exact) mass is 345 g/mol. The number of ether oxygens (including phenoxy) is 1. The number of nitro groups is 2. The topological polar surface area (TPSA) is 125 Å². The van der Waals surface area contributed by atoms with Gasteiger partial charge in [-0.3, -0.25) is 25.0 Å². The van der Waals surface area contributed by atoms with Gasteiger partial charge in [-0.25, -0.2) is 0 Å². The van der Waals surface area contributed by atoms with Gasteiger partial charge in [-0.15, -0.1) is 0 Å². The molecule has 0 unspecified atom stereocenters. The van der Waals surface area contributed by atoms with Crippen molar-refractivity contribution in [2.75, 3.05) is 12.4 Å². The van der Waals surface area contributed by atoms with Gasteiger partial charge in [0.15, 0.2) is 0 Å². The standard InChI is InChI=1S/C16H15N3O6/c1-25-13-6-2-11(3-7-13)4-9-16(20)17-14-8-5-12(18(21)22)10-15(14)19(23)24/h2-3,5-8,10H,4,9H2,1H3,(H,17,20). The van der Waals surface area contributed by atoms with Crippen molar-refractivity contribution in [2.24, 2.45) is 0 Å². The van der Waals surface area contributed by atoms with Gasteiger partial charge in [0.2, 0.25) is 5.91 Å². The second-order valence-corrected chi connectivity index (χ2v) is 5.11. The maximum atomic E-state index is 12.0. The lowest BCUT2D eigenvalue weighted by Gasteiger charge is -2.07. The molecule has 9 heteroatoms. The number of hydrogen-bond acceptors (Lipinski definition) is 6. The summed E-state index contributed by atoms with van der Waals surface area (Å²) in [6.45, 7) is 0. The number of nitrogens with zero attached hydrogens (tertiary/aromatic N) is 2. The number of nitrogens with one attached hydrogen (secondary N) is 1. The zero-order valence-electron chi connectivity index (χ0n) is 13.3. The fourth-order valence-corrected chi connectivity index (χ4v) is 2.15. The van der Waals surface area contributed by atoms with Crippen LogP contribution in [0.3, 0.4) is 0 Å². The molecule has 1 N–H and O–H groups in total. The highest BCUT2D eigenvalue weighted by atomic mass is 16.6. The van der Waals surface area contributed by atoms with Crippen LogP contribution in [-0.4, -0.2) is 22.9 Å². The molecule has 2 rings (SSSR count). The van der Waals surface area contributed by atoms with Crippen LogP contribution in [0.15, 0.2) is 42.5 Å². The van der Waals surface area contributed by atoms with E-state index >= 15 is 0 Å². The first-order valence-corrected chi connectivity index (χ1v) is 7.26. The minimum Gasteiger partial charge on any atom is -0.497 e. The van der Waals surface area contributed by atoms with Crippen molar-refractivity contribution in [3.8, 4) is 5.75 Å². The third-order valence-corrected chi connectivity index (χ3v) is 3.46. The molecule has 0 heterocycles. The molecule has 2 aromatic rings. The third kappa shape index (κ3) is 4.74. The van der Waals surface area contributed by atoms with Gasteiger partial charge in [-0.1, -0.05) is 12.1 Å². The van der Waals surface area contributed by atoms with Crippen molar-refractivity contribution < 1.29 is 19.4 Å². The molecule has 0 saturated carbocycles. The van der Waals surface area contributed by atoms with Crippen LogP contribution >= 0.6 is 0 Å². The number of carbonyl (C=O) groups is 1. The van der Waals surface area contributed by atoms with E-state index in [1.54, 1.807) is 19.2 Å². The van der Waals surface area contributed by atoms with Gasteiger partial charge in [0.25, 0.3) is 11.4 Å². The number of benzene rings is 2. The van der Waals surface area contributed by atoms with E-state index in [4.69, 9.17) is 4.74 Å². The quantitative estimate of drug-likeness (QED) is 0.607. The number of non-ortho nitro benzene ring substituents is 1. The molecule has 25 heavy (non-hydrogen) atoms. The number of aryl methyl sites for hydroxylation is 1. The van der Waals surface area contributed by atoms with Crippen LogP contribution in [0.2, 0.25) is 0 Å². The number of rotatable bonds is 7. The lowest BCUT2D eigenvalue weighted by molar-refractivity contribution is -0.393. The Morgan fingerprint density at radius 1 is 1.08 bits per heavy atom. The highest BCUT2D eigenvalue weighted by molar-refractivity contribution is 5.93. The van der Waals surface area contributed by atoms with Crippen LogP contribution in [0.5, 0.6) is 5.75 Å². The van der Waals surface area contributed by atoms with Gasteiger partial charge < -0.3 is 10.1 Å². The molecule has 0 aromatic heterocycles. The Labute approximate surface area is 142 Å². The molecule has 1 amide bonds. The van der Waals surface area contributed by atoms with Crippen molar-refractivity contribution in [1.29, 1.82) is 0 Å². The Morgan fingerprint density at radius 3 is 2.32 bits per heavy atom. The lowest BCUT2D eigenvalue weighted by atomic mass is 10.1. The van der Waals surface area contributed by atoms with Crippen LogP contribution in [0.25, 0.3) is 0 Å². The van der Waals surface area contributed by atoms with E-state index < -0.39 is 27.1 Å². The van der Waals surface area contributed by atoms with Gasteiger partial charge in [0, 0.05) is 12.5 Å². The summed E-state index contributed by atoms with van der Waals surface area (Å²) < 4.78 is 5.04.